The van der Waals surface area contributed by atoms with Crippen molar-refractivity contribution in [3.8, 4) is 0 Å². The molecule has 0 bridgehead atoms. The molecule has 0 aliphatic heterocycles. The minimum absolute atomic E-state index is 0.0684. The van der Waals surface area contributed by atoms with Crippen LogP contribution < -0.4 is 5.73 Å². The summed E-state index contributed by atoms with van der Waals surface area (Å²) in [7, 11) is 0. The lowest BCUT2D eigenvalue weighted by molar-refractivity contribution is -0.137. The maximum atomic E-state index is 10.4. The van der Waals surface area contributed by atoms with Crippen LogP contribution in [0.1, 0.15) is 23.6 Å². The Kier molecular flexibility index (Phi) is 3.49. The number of halogens is 1. The van der Waals surface area contributed by atoms with Gasteiger partial charge in [0.15, 0.2) is 0 Å². The highest BCUT2D eigenvalue weighted by molar-refractivity contribution is 6.31. The van der Waals surface area contributed by atoms with Crippen molar-refractivity contribution in [3.05, 3.63) is 34.3 Å². The number of aliphatic carboxylic acids is 1. The van der Waals surface area contributed by atoms with Gasteiger partial charge >= 0.3 is 5.97 Å². The molecule has 0 fully saturated rings. The fourth-order valence-corrected chi connectivity index (χ4v) is 1.32. The number of carbonyl (C=O) groups is 1. The molecule has 4 heteroatoms. The normalized spacial score (nSPS) is 12.5. The topological polar surface area (TPSA) is 63.3 Å². The second-order valence-corrected chi connectivity index (χ2v) is 3.62. The Morgan fingerprint density at radius 2 is 2.29 bits per heavy atom. The number of carboxylic acids is 1. The van der Waals surface area contributed by atoms with Crippen molar-refractivity contribution < 1.29 is 9.90 Å². The molecule has 0 spiro atoms. The highest BCUT2D eigenvalue weighted by atomic mass is 35.5. The first-order valence-electron chi connectivity index (χ1n) is 4.24. The first kappa shape index (κ1) is 11.0. The van der Waals surface area contributed by atoms with Gasteiger partial charge in [-0.25, -0.2) is 0 Å². The molecule has 0 amide bonds. The van der Waals surface area contributed by atoms with E-state index in [4.69, 9.17) is 22.4 Å². The summed E-state index contributed by atoms with van der Waals surface area (Å²) in [4.78, 5) is 10.4. The molecule has 14 heavy (non-hydrogen) atoms. The van der Waals surface area contributed by atoms with E-state index in [1.165, 1.54) is 0 Å². The Morgan fingerprint density at radius 3 is 2.79 bits per heavy atom. The molecular weight excluding hydrogens is 202 g/mol. The van der Waals surface area contributed by atoms with Crippen LogP contribution in [0, 0.1) is 6.92 Å². The Hall–Kier alpha value is -1.06. The van der Waals surface area contributed by atoms with Crippen molar-refractivity contribution in [2.75, 3.05) is 0 Å². The Balaban J connectivity index is 2.85. The molecule has 3 nitrogen and oxygen atoms in total. The van der Waals surface area contributed by atoms with Gasteiger partial charge in [0, 0.05) is 11.1 Å². The molecule has 0 unspecified atom stereocenters. The molecule has 1 atom stereocenters. The SMILES string of the molecule is Cc1cc([C@H](N)CC(=O)O)ccc1Cl. The minimum Gasteiger partial charge on any atom is -0.481 e. The van der Waals surface area contributed by atoms with Crippen LogP contribution in [0.15, 0.2) is 18.2 Å². The standard InChI is InChI=1S/C10H12ClNO2/c1-6-4-7(2-3-8(6)11)9(12)5-10(13)14/h2-4,9H,5,12H2,1H3,(H,13,14)/t9-/m1/s1. The summed E-state index contributed by atoms with van der Waals surface area (Å²) < 4.78 is 0. The minimum atomic E-state index is -0.898. The molecule has 1 aromatic carbocycles. The molecule has 3 N–H and O–H groups in total. The summed E-state index contributed by atoms with van der Waals surface area (Å²) in [5.74, 6) is -0.898. The average molecular weight is 214 g/mol. The van der Waals surface area contributed by atoms with Gasteiger partial charge < -0.3 is 10.8 Å². The third-order valence-corrected chi connectivity index (χ3v) is 2.43. The summed E-state index contributed by atoms with van der Waals surface area (Å²) in [5, 5.41) is 9.23. The number of carboxylic acid groups (broad SMARTS) is 1. The van der Waals surface area contributed by atoms with Crippen molar-refractivity contribution >= 4 is 17.6 Å². The van der Waals surface area contributed by atoms with Gasteiger partial charge in [-0.05, 0) is 24.1 Å². The van der Waals surface area contributed by atoms with Crippen LogP contribution in [0.2, 0.25) is 5.02 Å². The van der Waals surface area contributed by atoms with E-state index < -0.39 is 12.0 Å². The van der Waals surface area contributed by atoms with Crippen molar-refractivity contribution in [2.24, 2.45) is 5.73 Å². The van der Waals surface area contributed by atoms with Gasteiger partial charge in [0.1, 0.15) is 0 Å². The number of nitrogens with two attached hydrogens (primary N) is 1. The Morgan fingerprint density at radius 1 is 1.64 bits per heavy atom. The van der Waals surface area contributed by atoms with E-state index in [1.54, 1.807) is 12.1 Å². The van der Waals surface area contributed by atoms with E-state index >= 15 is 0 Å². The molecule has 0 heterocycles. The van der Waals surface area contributed by atoms with E-state index in [2.05, 4.69) is 0 Å². The van der Waals surface area contributed by atoms with Crippen LogP contribution in [0.5, 0.6) is 0 Å². The lowest BCUT2D eigenvalue weighted by Crippen LogP contribution is -2.15. The number of aryl methyl sites for hydroxylation is 1. The molecule has 0 saturated carbocycles. The zero-order chi connectivity index (χ0) is 10.7. The Labute approximate surface area is 87.5 Å². The highest BCUT2D eigenvalue weighted by Gasteiger charge is 2.10. The van der Waals surface area contributed by atoms with Crippen LogP contribution in [0.3, 0.4) is 0 Å². The van der Waals surface area contributed by atoms with E-state index in [0.29, 0.717) is 5.02 Å². The number of hydrogen-bond acceptors (Lipinski definition) is 2. The molecule has 0 aliphatic rings. The second-order valence-electron chi connectivity index (χ2n) is 3.21. The molecule has 1 aromatic rings. The zero-order valence-corrected chi connectivity index (χ0v) is 8.58. The Bertz CT molecular complexity index is 352. The van der Waals surface area contributed by atoms with Gasteiger partial charge in [-0.1, -0.05) is 23.7 Å². The van der Waals surface area contributed by atoms with E-state index in [0.717, 1.165) is 11.1 Å². The van der Waals surface area contributed by atoms with Gasteiger partial charge in [-0.3, -0.25) is 4.79 Å². The van der Waals surface area contributed by atoms with E-state index in [-0.39, 0.29) is 6.42 Å². The van der Waals surface area contributed by atoms with Crippen molar-refractivity contribution in [3.63, 3.8) is 0 Å². The summed E-state index contributed by atoms with van der Waals surface area (Å²) in [6, 6.07) is 4.83. The first-order chi connectivity index (χ1) is 6.50. The van der Waals surface area contributed by atoms with Crippen molar-refractivity contribution in [1.82, 2.24) is 0 Å². The van der Waals surface area contributed by atoms with E-state index in [1.807, 2.05) is 13.0 Å². The highest BCUT2D eigenvalue weighted by Crippen LogP contribution is 2.21. The first-order valence-corrected chi connectivity index (χ1v) is 4.62. The number of benzene rings is 1. The summed E-state index contributed by atoms with van der Waals surface area (Å²) in [5.41, 5.74) is 7.40. The largest absolute Gasteiger partial charge is 0.481 e. The molecule has 1 rings (SSSR count). The van der Waals surface area contributed by atoms with Gasteiger partial charge in [0.05, 0.1) is 6.42 Å². The maximum absolute atomic E-state index is 10.4. The van der Waals surface area contributed by atoms with Crippen molar-refractivity contribution in [1.29, 1.82) is 0 Å². The van der Waals surface area contributed by atoms with Crippen molar-refractivity contribution in [2.45, 2.75) is 19.4 Å². The lowest BCUT2D eigenvalue weighted by atomic mass is 10.0. The zero-order valence-electron chi connectivity index (χ0n) is 7.83. The maximum Gasteiger partial charge on any atom is 0.305 e. The predicted molar refractivity (Wildman–Crippen MR) is 55.4 cm³/mol. The fraction of sp³-hybridized carbons (Fsp3) is 0.300. The molecule has 0 aliphatic carbocycles. The number of rotatable bonds is 3. The van der Waals surface area contributed by atoms with E-state index in [9.17, 15) is 4.79 Å². The van der Waals surface area contributed by atoms with Crippen LogP contribution in [0.25, 0.3) is 0 Å². The smallest absolute Gasteiger partial charge is 0.305 e. The summed E-state index contributed by atoms with van der Waals surface area (Å²) in [6.45, 7) is 1.86. The molecule has 0 radical (unpaired) electrons. The van der Waals surface area contributed by atoms with Gasteiger partial charge in [-0.15, -0.1) is 0 Å². The van der Waals surface area contributed by atoms with Gasteiger partial charge in [0.2, 0.25) is 0 Å². The lowest BCUT2D eigenvalue weighted by Gasteiger charge is -2.10. The van der Waals surface area contributed by atoms with Gasteiger partial charge in [0.25, 0.3) is 0 Å². The fourth-order valence-electron chi connectivity index (χ4n) is 1.20. The monoisotopic (exact) mass is 213 g/mol. The van der Waals surface area contributed by atoms with Crippen LogP contribution in [-0.4, -0.2) is 11.1 Å². The quantitative estimate of drug-likeness (QED) is 0.809. The summed E-state index contributed by atoms with van der Waals surface area (Å²) >= 11 is 5.83. The second kappa shape index (κ2) is 4.44. The molecule has 0 saturated heterocycles. The van der Waals surface area contributed by atoms with Crippen LogP contribution in [-0.2, 0) is 4.79 Å². The van der Waals surface area contributed by atoms with Gasteiger partial charge in [-0.2, -0.15) is 0 Å². The summed E-state index contributed by atoms with van der Waals surface area (Å²) in [6.07, 6.45) is -0.0684. The predicted octanol–water partition coefficient (Wildman–Crippen LogP) is 2.12. The number of hydrogen-bond donors (Lipinski definition) is 2. The molecule has 0 aromatic heterocycles. The van der Waals surface area contributed by atoms with Crippen LogP contribution >= 0.6 is 11.6 Å². The third-order valence-electron chi connectivity index (χ3n) is 2.00. The van der Waals surface area contributed by atoms with Crippen LogP contribution in [0.4, 0.5) is 0 Å². The third kappa shape index (κ3) is 2.72. The average Bonchev–Trinajstić information content (AvgIpc) is 2.08. The molecular formula is C10H12ClNO2. The molecule has 76 valence electrons.